The number of benzene rings is 2. The van der Waals surface area contributed by atoms with Gasteiger partial charge < -0.3 is 10.0 Å². The first-order valence-corrected chi connectivity index (χ1v) is 7.04. The van der Waals surface area contributed by atoms with Crippen molar-refractivity contribution in [2.24, 2.45) is 0 Å². The van der Waals surface area contributed by atoms with Gasteiger partial charge in [-0.3, -0.25) is 4.79 Å². The number of aliphatic carboxylic acids is 1. The van der Waals surface area contributed by atoms with Gasteiger partial charge in [-0.25, -0.2) is 9.07 Å². The van der Waals surface area contributed by atoms with Crippen LogP contribution in [0.25, 0.3) is 11.0 Å². The normalized spacial score (nSPS) is 10.9. The topological polar surface area (TPSA) is 71.2 Å². The zero-order valence-corrected chi connectivity index (χ0v) is 12.5. The average Bonchev–Trinajstić information content (AvgIpc) is 2.91. The highest BCUT2D eigenvalue weighted by atomic mass is 19.1. The first-order valence-electron chi connectivity index (χ1n) is 7.04. The quantitative estimate of drug-likeness (QED) is 0.781. The molecule has 0 saturated carbocycles. The summed E-state index contributed by atoms with van der Waals surface area (Å²) in [4.78, 5) is 12.4. The van der Waals surface area contributed by atoms with Crippen molar-refractivity contribution in [3.8, 4) is 0 Å². The lowest BCUT2D eigenvalue weighted by Crippen LogP contribution is -2.24. The van der Waals surface area contributed by atoms with E-state index in [1.165, 1.54) is 6.07 Å². The second-order valence-electron chi connectivity index (χ2n) is 5.26. The van der Waals surface area contributed by atoms with E-state index in [1.54, 1.807) is 47.0 Å². The zero-order chi connectivity index (χ0) is 16.4. The molecule has 0 saturated heterocycles. The van der Waals surface area contributed by atoms with E-state index in [4.69, 9.17) is 5.11 Å². The number of rotatable bonds is 5. The van der Waals surface area contributed by atoms with E-state index in [2.05, 4.69) is 10.3 Å². The van der Waals surface area contributed by atoms with Gasteiger partial charge in [0.25, 0.3) is 0 Å². The largest absolute Gasteiger partial charge is 0.480 e. The number of hydrogen-bond acceptors (Lipinski definition) is 4. The van der Waals surface area contributed by atoms with Gasteiger partial charge >= 0.3 is 5.97 Å². The van der Waals surface area contributed by atoms with Crippen LogP contribution in [0.4, 0.5) is 10.1 Å². The van der Waals surface area contributed by atoms with Crippen LogP contribution in [0.3, 0.4) is 0 Å². The lowest BCUT2D eigenvalue weighted by Gasteiger charge is -2.16. The van der Waals surface area contributed by atoms with E-state index in [9.17, 15) is 9.18 Å². The minimum Gasteiger partial charge on any atom is -0.480 e. The molecule has 1 aromatic heterocycles. The second-order valence-corrected chi connectivity index (χ2v) is 5.26. The Kier molecular flexibility index (Phi) is 3.92. The van der Waals surface area contributed by atoms with Crippen molar-refractivity contribution in [3.63, 3.8) is 0 Å². The molecule has 3 rings (SSSR count). The molecule has 1 heterocycles. The summed E-state index contributed by atoms with van der Waals surface area (Å²) in [5.41, 5.74) is 2.67. The highest BCUT2D eigenvalue weighted by Gasteiger charge is 2.11. The molecule has 23 heavy (non-hydrogen) atoms. The molecule has 7 heteroatoms. The first-order chi connectivity index (χ1) is 11.0. The molecule has 0 aliphatic carbocycles. The van der Waals surface area contributed by atoms with Crippen LogP contribution in [-0.2, 0) is 11.3 Å². The van der Waals surface area contributed by atoms with Gasteiger partial charge in [0.1, 0.15) is 17.9 Å². The van der Waals surface area contributed by atoms with E-state index in [-0.39, 0.29) is 18.9 Å². The van der Waals surface area contributed by atoms with Crippen molar-refractivity contribution in [1.29, 1.82) is 0 Å². The van der Waals surface area contributed by atoms with Gasteiger partial charge in [0.15, 0.2) is 0 Å². The monoisotopic (exact) mass is 314 g/mol. The Hall–Kier alpha value is -2.96. The predicted molar refractivity (Wildman–Crippen MR) is 83.9 cm³/mol. The smallest absolute Gasteiger partial charge is 0.323 e. The summed E-state index contributed by atoms with van der Waals surface area (Å²) in [7, 11) is 1.69. The Morgan fingerprint density at radius 3 is 2.83 bits per heavy atom. The summed E-state index contributed by atoms with van der Waals surface area (Å²) in [6.45, 7) is 0.183. The molecule has 0 spiro atoms. The molecule has 0 unspecified atom stereocenters. The van der Waals surface area contributed by atoms with Crippen molar-refractivity contribution < 1.29 is 14.3 Å². The van der Waals surface area contributed by atoms with E-state index >= 15 is 0 Å². The molecular formula is C16H15FN4O2. The van der Waals surface area contributed by atoms with E-state index in [0.717, 1.165) is 11.2 Å². The molecule has 0 bridgehead atoms. The van der Waals surface area contributed by atoms with Crippen molar-refractivity contribution in [2.75, 3.05) is 18.5 Å². The average molecular weight is 314 g/mol. The number of carbonyl (C=O) groups is 1. The number of nitrogens with zero attached hydrogens (tertiary/aromatic N) is 4. The maximum Gasteiger partial charge on any atom is 0.323 e. The van der Waals surface area contributed by atoms with Gasteiger partial charge in [-0.05, 0) is 24.3 Å². The van der Waals surface area contributed by atoms with Crippen LogP contribution in [-0.4, -0.2) is 39.7 Å². The van der Waals surface area contributed by atoms with E-state index in [0.29, 0.717) is 11.1 Å². The predicted octanol–water partition coefficient (Wildman–Crippen LogP) is 2.14. The summed E-state index contributed by atoms with van der Waals surface area (Å²) >= 11 is 0. The van der Waals surface area contributed by atoms with Gasteiger partial charge in [0, 0.05) is 18.3 Å². The third kappa shape index (κ3) is 3.13. The molecule has 0 aliphatic heterocycles. The number of likely N-dealkylation sites (N-methyl/N-ethyl adjacent to an activating group) is 1. The number of carboxylic acid groups (broad SMARTS) is 1. The molecule has 0 fully saturated rings. The van der Waals surface area contributed by atoms with Crippen LogP contribution >= 0.6 is 0 Å². The summed E-state index contributed by atoms with van der Waals surface area (Å²) in [6, 6.07) is 11.9. The van der Waals surface area contributed by atoms with Crippen molar-refractivity contribution in [3.05, 3.63) is 53.8 Å². The summed E-state index contributed by atoms with van der Waals surface area (Å²) in [5, 5.41) is 17.0. The molecule has 1 N–H and O–H groups in total. The van der Waals surface area contributed by atoms with Gasteiger partial charge in [-0.2, -0.15) is 0 Å². The number of fused-ring (bicyclic) bond motifs is 1. The molecule has 0 aliphatic rings. The number of aromatic nitrogens is 3. The van der Waals surface area contributed by atoms with Crippen LogP contribution < -0.4 is 4.90 Å². The second kappa shape index (κ2) is 6.04. The van der Waals surface area contributed by atoms with Crippen LogP contribution in [0.1, 0.15) is 5.56 Å². The van der Waals surface area contributed by atoms with Crippen LogP contribution in [0.2, 0.25) is 0 Å². The number of carboxylic acids is 1. The lowest BCUT2D eigenvalue weighted by atomic mass is 10.2. The lowest BCUT2D eigenvalue weighted by molar-refractivity contribution is -0.135. The maximum absolute atomic E-state index is 13.7. The molecular weight excluding hydrogens is 299 g/mol. The van der Waals surface area contributed by atoms with Crippen LogP contribution in [0, 0.1) is 5.82 Å². The van der Waals surface area contributed by atoms with Crippen molar-refractivity contribution in [1.82, 2.24) is 15.0 Å². The van der Waals surface area contributed by atoms with Gasteiger partial charge in [-0.1, -0.05) is 23.4 Å². The Labute approximate surface area is 131 Å². The number of halogens is 1. The molecule has 6 nitrogen and oxygen atoms in total. The molecule has 0 atom stereocenters. The Bertz CT molecular complexity index is 862. The molecule has 0 radical (unpaired) electrons. The third-order valence-electron chi connectivity index (χ3n) is 3.59. The summed E-state index contributed by atoms with van der Waals surface area (Å²) < 4.78 is 15.4. The third-order valence-corrected chi connectivity index (χ3v) is 3.59. The van der Waals surface area contributed by atoms with Gasteiger partial charge in [0.2, 0.25) is 0 Å². The molecule has 118 valence electrons. The fourth-order valence-electron chi connectivity index (χ4n) is 2.40. The molecule has 3 aromatic rings. The van der Waals surface area contributed by atoms with Crippen LogP contribution in [0.5, 0.6) is 0 Å². The highest BCUT2D eigenvalue weighted by molar-refractivity contribution is 5.81. The van der Waals surface area contributed by atoms with Gasteiger partial charge in [-0.15, -0.1) is 5.10 Å². The highest BCUT2D eigenvalue weighted by Crippen LogP contribution is 2.20. The Balaban J connectivity index is 1.90. The van der Waals surface area contributed by atoms with E-state index < -0.39 is 5.97 Å². The fourth-order valence-corrected chi connectivity index (χ4v) is 2.40. The SMILES string of the molecule is CN(CC(=O)O)c1ccc2c(c1)nnn2Cc1ccccc1F. The maximum atomic E-state index is 13.7. The molecule has 0 amide bonds. The fraction of sp³-hybridized carbons (Fsp3) is 0.188. The summed E-state index contributed by atoms with van der Waals surface area (Å²) in [6.07, 6.45) is 0. The first kappa shape index (κ1) is 15.0. The Morgan fingerprint density at radius 2 is 2.09 bits per heavy atom. The number of anilines is 1. The van der Waals surface area contributed by atoms with Crippen molar-refractivity contribution >= 4 is 22.7 Å². The summed E-state index contributed by atoms with van der Waals surface area (Å²) in [5.74, 6) is -1.19. The standard InChI is InChI=1S/C16H15FN4O2/c1-20(10-16(22)23)12-6-7-15-14(8-12)18-19-21(15)9-11-4-2-3-5-13(11)17/h2-8H,9-10H2,1H3,(H,22,23). The molecule has 2 aromatic carbocycles. The van der Waals surface area contributed by atoms with Crippen molar-refractivity contribution in [2.45, 2.75) is 6.54 Å². The minimum atomic E-state index is -0.907. The van der Waals surface area contributed by atoms with Crippen LogP contribution in [0.15, 0.2) is 42.5 Å². The minimum absolute atomic E-state index is 0.102. The van der Waals surface area contributed by atoms with E-state index in [1.807, 2.05) is 6.07 Å². The Morgan fingerprint density at radius 1 is 1.30 bits per heavy atom. The van der Waals surface area contributed by atoms with Gasteiger partial charge in [0.05, 0.1) is 12.1 Å². The zero-order valence-electron chi connectivity index (χ0n) is 12.5. The number of hydrogen-bond donors (Lipinski definition) is 1.